The number of nitrogens with one attached hydrogen (secondary N) is 1. The summed E-state index contributed by atoms with van der Waals surface area (Å²) >= 11 is 0. The number of fused-ring (bicyclic) bond motifs is 5. The summed E-state index contributed by atoms with van der Waals surface area (Å²) in [5, 5.41) is 11.2. The molecule has 0 fully saturated rings. The van der Waals surface area contributed by atoms with E-state index >= 15 is 0 Å². The summed E-state index contributed by atoms with van der Waals surface area (Å²) in [4.78, 5) is 16.4. The van der Waals surface area contributed by atoms with Crippen molar-refractivity contribution in [3.8, 4) is 11.6 Å². The van der Waals surface area contributed by atoms with Crippen molar-refractivity contribution in [3.05, 3.63) is 29.8 Å². The summed E-state index contributed by atoms with van der Waals surface area (Å²) < 4.78 is 5.79. The molecule has 0 spiro atoms. The zero-order chi connectivity index (χ0) is 15.4. The smallest absolute Gasteiger partial charge is 0.269 e. The van der Waals surface area contributed by atoms with E-state index in [1.807, 2.05) is 0 Å². The molecule has 0 aromatic carbocycles. The van der Waals surface area contributed by atoms with Crippen LogP contribution in [0.2, 0.25) is 0 Å². The zero-order valence-corrected chi connectivity index (χ0v) is 12.7. The minimum atomic E-state index is -0.162. The monoisotopic (exact) mass is 300 g/mol. The number of nitrogens with zero attached hydrogens (tertiary/aromatic N) is 3. The first-order chi connectivity index (χ1) is 10.8. The molecule has 3 heterocycles. The number of carbonyl (C=O) groups excluding carboxylic acids is 1. The fourth-order valence-corrected chi connectivity index (χ4v) is 2.67. The Kier molecular flexibility index (Phi) is 4.46. The van der Waals surface area contributed by atoms with Gasteiger partial charge in [0.2, 0.25) is 5.89 Å². The van der Waals surface area contributed by atoms with Crippen molar-refractivity contribution in [2.75, 3.05) is 6.54 Å². The van der Waals surface area contributed by atoms with Gasteiger partial charge in [0.1, 0.15) is 11.4 Å². The van der Waals surface area contributed by atoms with Crippen molar-refractivity contribution in [3.63, 3.8) is 0 Å². The fraction of sp³-hybridized carbons (Fsp3) is 0.500. The Labute approximate surface area is 129 Å². The van der Waals surface area contributed by atoms with Gasteiger partial charge in [-0.1, -0.05) is 25.8 Å². The van der Waals surface area contributed by atoms with Crippen LogP contribution in [0.15, 0.2) is 22.6 Å². The van der Waals surface area contributed by atoms with Gasteiger partial charge in [0, 0.05) is 12.5 Å². The maximum absolute atomic E-state index is 12.1. The molecule has 1 atom stereocenters. The lowest BCUT2D eigenvalue weighted by Crippen LogP contribution is -2.25. The van der Waals surface area contributed by atoms with Crippen molar-refractivity contribution in [1.29, 1.82) is 0 Å². The average molecular weight is 300 g/mol. The second-order valence-electron chi connectivity index (χ2n) is 5.56. The minimum absolute atomic E-state index is 0.162. The summed E-state index contributed by atoms with van der Waals surface area (Å²) in [7, 11) is 0. The topological polar surface area (TPSA) is 80.9 Å². The second kappa shape index (κ2) is 6.68. The molecule has 6 heteroatoms. The summed E-state index contributed by atoms with van der Waals surface area (Å²) in [5.74, 6) is 1.18. The number of amides is 1. The van der Waals surface area contributed by atoms with E-state index in [0.29, 0.717) is 35.6 Å². The molecule has 2 aromatic heterocycles. The van der Waals surface area contributed by atoms with Gasteiger partial charge >= 0.3 is 0 Å². The van der Waals surface area contributed by atoms with Crippen LogP contribution in [-0.4, -0.2) is 27.6 Å². The predicted molar refractivity (Wildman–Crippen MR) is 81.4 cm³/mol. The van der Waals surface area contributed by atoms with Gasteiger partial charge in [-0.05, 0) is 31.4 Å². The Hall–Kier alpha value is -2.24. The van der Waals surface area contributed by atoms with Gasteiger partial charge in [-0.2, -0.15) is 0 Å². The molecule has 1 unspecified atom stereocenters. The van der Waals surface area contributed by atoms with Gasteiger partial charge in [-0.15, -0.1) is 10.2 Å². The third-order valence-electron chi connectivity index (χ3n) is 4.00. The Morgan fingerprint density at radius 3 is 2.95 bits per heavy atom. The van der Waals surface area contributed by atoms with Crippen LogP contribution in [0.4, 0.5) is 0 Å². The highest BCUT2D eigenvalue weighted by molar-refractivity contribution is 5.92. The number of hydrogen-bond donors (Lipinski definition) is 1. The van der Waals surface area contributed by atoms with Crippen molar-refractivity contribution in [2.45, 2.75) is 44.9 Å². The average Bonchev–Trinajstić information content (AvgIpc) is 3.03. The standard InChI is InChI=1S/C16H20N4O2/c1-2-11-7-4-3-5-10-17-14(21)12-8-6-9-13(18-12)16-20-19-15(11)22-16/h6,8-9,11H,2-5,7,10H2,1H3,(H,17,21). The molecule has 0 aliphatic carbocycles. The molecular weight excluding hydrogens is 280 g/mol. The Morgan fingerprint density at radius 1 is 1.23 bits per heavy atom. The molecule has 0 saturated carbocycles. The van der Waals surface area contributed by atoms with Crippen LogP contribution in [0.25, 0.3) is 11.6 Å². The lowest BCUT2D eigenvalue weighted by Gasteiger charge is -2.11. The molecule has 0 radical (unpaired) electrons. The van der Waals surface area contributed by atoms with E-state index in [2.05, 4.69) is 27.4 Å². The van der Waals surface area contributed by atoms with Gasteiger partial charge in [0.15, 0.2) is 0 Å². The van der Waals surface area contributed by atoms with E-state index in [-0.39, 0.29) is 5.91 Å². The van der Waals surface area contributed by atoms with Crippen LogP contribution in [0.5, 0.6) is 0 Å². The van der Waals surface area contributed by atoms with Gasteiger partial charge in [0.05, 0.1) is 0 Å². The lowest BCUT2D eigenvalue weighted by molar-refractivity contribution is 0.0948. The molecule has 2 aromatic rings. The normalized spacial score (nSPS) is 19.3. The van der Waals surface area contributed by atoms with Gasteiger partial charge in [0.25, 0.3) is 11.8 Å². The number of pyridine rings is 1. The van der Waals surface area contributed by atoms with Gasteiger partial charge in [-0.3, -0.25) is 4.79 Å². The van der Waals surface area contributed by atoms with Crippen molar-refractivity contribution < 1.29 is 9.21 Å². The highest BCUT2D eigenvalue weighted by Crippen LogP contribution is 2.27. The van der Waals surface area contributed by atoms with Crippen molar-refractivity contribution >= 4 is 5.91 Å². The van der Waals surface area contributed by atoms with E-state index in [1.165, 1.54) is 0 Å². The number of hydrogen-bond acceptors (Lipinski definition) is 5. The first-order valence-electron chi connectivity index (χ1n) is 7.87. The van der Waals surface area contributed by atoms with E-state index in [4.69, 9.17) is 4.42 Å². The third kappa shape index (κ3) is 3.16. The van der Waals surface area contributed by atoms with Crippen LogP contribution in [0, 0.1) is 0 Å². The molecule has 6 nitrogen and oxygen atoms in total. The van der Waals surface area contributed by atoms with E-state index < -0.39 is 0 Å². The summed E-state index contributed by atoms with van der Waals surface area (Å²) in [6, 6.07) is 5.25. The molecule has 1 aliphatic rings. The SMILES string of the molecule is CCC1CCCCCNC(=O)c2cccc(n2)-c2nnc1o2. The maximum Gasteiger partial charge on any atom is 0.269 e. The molecule has 4 bridgehead atoms. The first-order valence-corrected chi connectivity index (χ1v) is 7.87. The van der Waals surface area contributed by atoms with E-state index in [9.17, 15) is 4.79 Å². The summed E-state index contributed by atoms with van der Waals surface area (Å²) in [6.07, 6.45) is 5.14. The molecule has 22 heavy (non-hydrogen) atoms. The fourth-order valence-electron chi connectivity index (χ4n) is 2.67. The van der Waals surface area contributed by atoms with Crippen LogP contribution >= 0.6 is 0 Å². The molecular formula is C16H20N4O2. The Balaban J connectivity index is 1.96. The summed E-state index contributed by atoms with van der Waals surface area (Å²) in [5.41, 5.74) is 0.916. The molecule has 0 saturated heterocycles. The van der Waals surface area contributed by atoms with Gasteiger partial charge in [-0.25, -0.2) is 4.98 Å². The third-order valence-corrected chi connectivity index (χ3v) is 4.00. The Morgan fingerprint density at radius 2 is 2.09 bits per heavy atom. The molecule has 116 valence electrons. The van der Waals surface area contributed by atoms with E-state index in [0.717, 1.165) is 32.1 Å². The largest absolute Gasteiger partial charge is 0.419 e. The minimum Gasteiger partial charge on any atom is -0.419 e. The van der Waals surface area contributed by atoms with Crippen molar-refractivity contribution in [2.24, 2.45) is 0 Å². The van der Waals surface area contributed by atoms with Crippen LogP contribution in [0.1, 0.15) is 61.3 Å². The molecule has 1 N–H and O–H groups in total. The summed E-state index contributed by atoms with van der Waals surface area (Å²) in [6.45, 7) is 2.82. The highest BCUT2D eigenvalue weighted by atomic mass is 16.4. The van der Waals surface area contributed by atoms with Crippen LogP contribution < -0.4 is 5.32 Å². The zero-order valence-electron chi connectivity index (χ0n) is 12.7. The first kappa shape index (κ1) is 14.7. The predicted octanol–water partition coefficient (Wildman–Crippen LogP) is 2.93. The second-order valence-corrected chi connectivity index (χ2v) is 5.56. The highest BCUT2D eigenvalue weighted by Gasteiger charge is 2.19. The van der Waals surface area contributed by atoms with Gasteiger partial charge < -0.3 is 9.73 Å². The Bertz CT molecular complexity index is 653. The maximum atomic E-state index is 12.1. The number of rotatable bonds is 1. The molecule has 1 amide bonds. The quantitative estimate of drug-likeness (QED) is 0.875. The van der Waals surface area contributed by atoms with Crippen LogP contribution in [0.3, 0.4) is 0 Å². The molecule has 3 rings (SSSR count). The molecule has 1 aliphatic heterocycles. The number of carbonyl (C=O) groups is 1. The lowest BCUT2D eigenvalue weighted by atomic mass is 9.98. The van der Waals surface area contributed by atoms with E-state index in [1.54, 1.807) is 18.2 Å². The van der Waals surface area contributed by atoms with Crippen molar-refractivity contribution in [1.82, 2.24) is 20.5 Å². The number of aromatic nitrogens is 3. The van der Waals surface area contributed by atoms with Crippen LogP contribution in [-0.2, 0) is 0 Å².